The third kappa shape index (κ3) is 3.71. The minimum absolute atomic E-state index is 0.00504. The van der Waals surface area contributed by atoms with Gasteiger partial charge in [-0.3, -0.25) is 0 Å². The lowest BCUT2D eigenvalue weighted by atomic mass is 10.1. The van der Waals surface area contributed by atoms with Gasteiger partial charge in [-0.1, -0.05) is 24.3 Å². The van der Waals surface area contributed by atoms with Crippen LogP contribution in [-0.4, -0.2) is 18.3 Å². The Bertz CT molecular complexity index is 540. The maximum atomic E-state index is 13.4. The van der Waals surface area contributed by atoms with Gasteiger partial charge in [-0.15, -0.1) is 0 Å². The predicted molar refractivity (Wildman–Crippen MR) is 74.5 cm³/mol. The summed E-state index contributed by atoms with van der Waals surface area (Å²) in [7, 11) is 0. The van der Waals surface area contributed by atoms with Gasteiger partial charge in [0.15, 0.2) is 11.6 Å². The van der Waals surface area contributed by atoms with E-state index >= 15 is 0 Å². The van der Waals surface area contributed by atoms with E-state index in [-0.39, 0.29) is 12.4 Å². The van der Waals surface area contributed by atoms with Crippen molar-refractivity contribution in [3.63, 3.8) is 0 Å². The number of rotatable bonds is 6. The normalized spacial score (nSPS) is 11.9. The minimum Gasteiger partial charge on any atom is -0.494 e. The molecule has 0 saturated heterocycles. The van der Waals surface area contributed by atoms with Crippen molar-refractivity contribution >= 4 is 0 Å². The molecule has 0 aliphatic carbocycles. The van der Waals surface area contributed by atoms with Gasteiger partial charge in [-0.2, -0.15) is 0 Å². The average molecular weight is 276 g/mol. The van der Waals surface area contributed by atoms with Crippen LogP contribution in [0.1, 0.15) is 18.6 Å². The summed E-state index contributed by atoms with van der Waals surface area (Å²) in [5, 5.41) is 10.0. The van der Waals surface area contributed by atoms with Gasteiger partial charge in [0.1, 0.15) is 18.5 Å². The van der Waals surface area contributed by atoms with E-state index in [2.05, 4.69) is 0 Å². The molecule has 0 aromatic heterocycles. The van der Waals surface area contributed by atoms with Crippen LogP contribution in [0.15, 0.2) is 48.5 Å². The molecule has 3 nitrogen and oxygen atoms in total. The SMILES string of the molecule is CCOc1ccc(C(O)COc2ccccc2F)cc1. The first-order valence-corrected chi connectivity index (χ1v) is 6.49. The lowest BCUT2D eigenvalue weighted by molar-refractivity contribution is 0.106. The first-order valence-electron chi connectivity index (χ1n) is 6.49. The molecule has 0 fully saturated rings. The van der Waals surface area contributed by atoms with Crippen LogP contribution in [-0.2, 0) is 0 Å². The second-order valence-electron chi connectivity index (χ2n) is 4.26. The zero-order chi connectivity index (χ0) is 14.4. The smallest absolute Gasteiger partial charge is 0.165 e. The summed E-state index contributed by atoms with van der Waals surface area (Å²) in [5.41, 5.74) is 0.699. The highest BCUT2D eigenvalue weighted by molar-refractivity contribution is 5.29. The van der Waals surface area contributed by atoms with Crippen LogP contribution in [0.5, 0.6) is 11.5 Å². The molecule has 1 N–H and O–H groups in total. The van der Waals surface area contributed by atoms with E-state index in [1.54, 1.807) is 36.4 Å². The maximum Gasteiger partial charge on any atom is 0.165 e. The quantitative estimate of drug-likeness (QED) is 0.879. The Kier molecular flexibility index (Phi) is 4.96. The summed E-state index contributed by atoms with van der Waals surface area (Å²) in [5.74, 6) is 0.447. The molecule has 0 bridgehead atoms. The van der Waals surface area contributed by atoms with Crippen molar-refractivity contribution in [3.8, 4) is 11.5 Å². The molecule has 0 saturated carbocycles. The van der Waals surface area contributed by atoms with Gasteiger partial charge in [0.2, 0.25) is 0 Å². The molecule has 0 aliphatic heterocycles. The van der Waals surface area contributed by atoms with Crippen LogP contribution in [0.4, 0.5) is 4.39 Å². The minimum atomic E-state index is -0.815. The molecule has 2 rings (SSSR count). The van der Waals surface area contributed by atoms with Crippen LogP contribution in [0.25, 0.3) is 0 Å². The van der Waals surface area contributed by atoms with Crippen molar-refractivity contribution in [3.05, 3.63) is 59.9 Å². The van der Waals surface area contributed by atoms with Gasteiger partial charge in [0, 0.05) is 0 Å². The first kappa shape index (κ1) is 14.3. The molecule has 0 amide bonds. The molecular weight excluding hydrogens is 259 g/mol. The Morgan fingerprint density at radius 1 is 1.05 bits per heavy atom. The summed E-state index contributed by atoms with van der Waals surface area (Å²) in [4.78, 5) is 0. The third-order valence-electron chi connectivity index (χ3n) is 2.81. The van der Waals surface area contributed by atoms with E-state index in [0.717, 1.165) is 5.75 Å². The molecule has 1 unspecified atom stereocenters. The molecule has 20 heavy (non-hydrogen) atoms. The second kappa shape index (κ2) is 6.91. The molecule has 0 heterocycles. The van der Waals surface area contributed by atoms with Crippen molar-refractivity contribution in [1.82, 2.24) is 0 Å². The molecule has 0 spiro atoms. The zero-order valence-corrected chi connectivity index (χ0v) is 11.3. The summed E-state index contributed by atoms with van der Waals surface area (Å²) in [6.45, 7) is 2.50. The maximum absolute atomic E-state index is 13.4. The van der Waals surface area contributed by atoms with Crippen LogP contribution in [0, 0.1) is 5.82 Å². The van der Waals surface area contributed by atoms with Crippen LogP contribution >= 0.6 is 0 Å². The summed E-state index contributed by atoms with van der Waals surface area (Å²) in [6.07, 6.45) is -0.815. The Hall–Kier alpha value is -2.07. The second-order valence-corrected chi connectivity index (χ2v) is 4.26. The Morgan fingerprint density at radius 3 is 2.40 bits per heavy atom. The molecule has 0 radical (unpaired) electrons. The van der Waals surface area contributed by atoms with Gasteiger partial charge in [-0.05, 0) is 36.8 Å². The number of halogens is 1. The first-order chi connectivity index (χ1) is 9.70. The molecule has 2 aromatic rings. The average Bonchev–Trinajstić information content (AvgIpc) is 2.47. The van der Waals surface area contributed by atoms with E-state index in [0.29, 0.717) is 12.2 Å². The summed E-state index contributed by atoms with van der Waals surface area (Å²) >= 11 is 0. The monoisotopic (exact) mass is 276 g/mol. The lowest BCUT2D eigenvalue weighted by Crippen LogP contribution is -2.10. The molecule has 2 aromatic carbocycles. The lowest BCUT2D eigenvalue weighted by Gasteiger charge is -2.13. The topological polar surface area (TPSA) is 38.7 Å². The fraction of sp³-hybridized carbons (Fsp3) is 0.250. The van der Waals surface area contributed by atoms with Gasteiger partial charge in [0.25, 0.3) is 0 Å². The Balaban J connectivity index is 1.94. The number of hydrogen-bond donors (Lipinski definition) is 1. The van der Waals surface area contributed by atoms with Gasteiger partial charge >= 0.3 is 0 Å². The van der Waals surface area contributed by atoms with E-state index in [9.17, 15) is 9.50 Å². The summed E-state index contributed by atoms with van der Waals surface area (Å²) in [6, 6.07) is 13.2. The molecule has 1 atom stereocenters. The predicted octanol–water partition coefficient (Wildman–Crippen LogP) is 3.34. The van der Waals surface area contributed by atoms with E-state index in [1.165, 1.54) is 12.1 Å². The van der Waals surface area contributed by atoms with Crippen molar-refractivity contribution in [2.45, 2.75) is 13.0 Å². The number of para-hydroxylation sites is 1. The molecule has 0 aliphatic rings. The number of hydrogen-bond acceptors (Lipinski definition) is 3. The number of aliphatic hydroxyl groups is 1. The fourth-order valence-corrected chi connectivity index (χ4v) is 1.78. The van der Waals surface area contributed by atoms with Crippen molar-refractivity contribution < 1.29 is 19.0 Å². The highest BCUT2D eigenvalue weighted by Crippen LogP contribution is 2.21. The van der Waals surface area contributed by atoms with Gasteiger partial charge < -0.3 is 14.6 Å². The van der Waals surface area contributed by atoms with Crippen molar-refractivity contribution in [1.29, 1.82) is 0 Å². The number of aliphatic hydroxyl groups excluding tert-OH is 1. The van der Waals surface area contributed by atoms with Gasteiger partial charge in [-0.25, -0.2) is 4.39 Å². The fourth-order valence-electron chi connectivity index (χ4n) is 1.78. The standard InChI is InChI=1S/C16H17FO3/c1-2-19-13-9-7-12(8-10-13)15(18)11-20-16-6-4-3-5-14(16)17/h3-10,15,18H,2,11H2,1H3. The number of benzene rings is 2. The van der Waals surface area contributed by atoms with E-state index in [4.69, 9.17) is 9.47 Å². The van der Waals surface area contributed by atoms with Crippen molar-refractivity contribution in [2.75, 3.05) is 13.2 Å². The highest BCUT2D eigenvalue weighted by atomic mass is 19.1. The zero-order valence-electron chi connectivity index (χ0n) is 11.3. The highest BCUT2D eigenvalue weighted by Gasteiger charge is 2.10. The van der Waals surface area contributed by atoms with Crippen molar-refractivity contribution in [2.24, 2.45) is 0 Å². The van der Waals surface area contributed by atoms with Crippen LogP contribution in [0.3, 0.4) is 0 Å². The van der Waals surface area contributed by atoms with Crippen LogP contribution in [0.2, 0.25) is 0 Å². The number of ether oxygens (including phenoxy) is 2. The molecule has 4 heteroatoms. The third-order valence-corrected chi connectivity index (χ3v) is 2.81. The van der Waals surface area contributed by atoms with E-state index in [1.807, 2.05) is 6.92 Å². The van der Waals surface area contributed by atoms with Gasteiger partial charge in [0.05, 0.1) is 6.61 Å². The molecular formula is C16H17FO3. The Morgan fingerprint density at radius 2 is 1.75 bits per heavy atom. The summed E-state index contributed by atoms with van der Waals surface area (Å²) < 4.78 is 24.0. The largest absolute Gasteiger partial charge is 0.494 e. The van der Waals surface area contributed by atoms with E-state index < -0.39 is 11.9 Å². The Labute approximate surface area is 117 Å². The molecule has 106 valence electrons. The van der Waals surface area contributed by atoms with Crippen LogP contribution < -0.4 is 9.47 Å².